The number of aromatic carboxylic acids is 1. The van der Waals surface area contributed by atoms with Crippen LogP contribution < -0.4 is 0 Å². The number of hydrogen-bond acceptors (Lipinski definition) is 3. The molecule has 0 fully saturated rings. The van der Waals surface area contributed by atoms with Gasteiger partial charge in [-0.05, 0) is 30.3 Å². The van der Waals surface area contributed by atoms with Crippen LogP contribution >= 0.6 is 0 Å². The van der Waals surface area contributed by atoms with Crippen LogP contribution in [0.25, 0.3) is 16.9 Å². The molecule has 0 saturated carbocycles. The Balaban J connectivity index is 2.12. The third-order valence-corrected chi connectivity index (χ3v) is 3.32. The van der Waals surface area contributed by atoms with Crippen molar-refractivity contribution in [3.63, 3.8) is 0 Å². The number of rotatable bonds is 3. The molecule has 0 aliphatic rings. The van der Waals surface area contributed by atoms with Crippen LogP contribution in [0.15, 0.2) is 55.0 Å². The molecule has 5 nitrogen and oxygen atoms in total. The summed E-state index contributed by atoms with van der Waals surface area (Å²) in [6.45, 7) is 0. The molecule has 24 heavy (non-hydrogen) atoms. The fourth-order valence-corrected chi connectivity index (χ4v) is 2.20. The second kappa shape index (κ2) is 5.80. The van der Waals surface area contributed by atoms with Crippen molar-refractivity contribution in [2.45, 2.75) is 6.18 Å². The van der Waals surface area contributed by atoms with E-state index in [0.717, 1.165) is 16.8 Å². The molecule has 0 spiro atoms. The Hall–Kier alpha value is -3.16. The number of benzene rings is 1. The molecule has 2 aromatic heterocycles. The fourth-order valence-electron chi connectivity index (χ4n) is 2.20. The maximum atomic E-state index is 12.8. The van der Waals surface area contributed by atoms with Crippen LogP contribution in [0.1, 0.15) is 15.9 Å². The molecule has 0 amide bonds. The van der Waals surface area contributed by atoms with E-state index in [0.29, 0.717) is 5.56 Å². The van der Waals surface area contributed by atoms with Crippen LogP contribution in [0.3, 0.4) is 0 Å². The molecule has 2 heterocycles. The van der Waals surface area contributed by atoms with E-state index in [9.17, 15) is 23.1 Å². The lowest BCUT2D eigenvalue weighted by atomic mass is 10.1. The minimum Gasteiger partial charge on any atom is -0.478 e. The van der Waals surface area contributed by atoms with Crippen LogP contribution in [-0.4, -0.2) is 25.8 Å². The number of carboxylic acids is 1. The number of aromatic nitrogens is 3. The molecule has 0 atom stereocenters. The Morgan fingerprint density at radius 2 is 1.96 bits per heavy atom. The van der Waals surface area contributed by atoms with Gasteiger partial charge in [-0.25, -0.2) is 9.48 Å². The predicted octanol–water partition coefficient (Wildman–Crippen LogP) is 3.65. The highest BCUT2D eigenvalue weighted by Crippen LogP contribution is 2.31. The van der Waals surface area contributed by atoms with E-state index < -0.39 is 17.7 Å². The number of alkyl halides is 3. The molecule has 1 aromatic carbocycles. The van der Waals surface area contributed by atoms with E-state index in [4.69, 9.17) is 0 Å². The highest BCUT2D eigenvalue weighted by molar-refractivity contribution is 5.94. The summed E-state index contributed by atoms with van der Waals surface area (Å²) < 4.78 is 39.6. The SMILES string of the molecule is O=C(O)c1cn(-c2cccc(C(F)(F)F)c2)nc1-c1cccnc1. The summed E-state index contributed by atoms with van der Waals surface area (Å²) in [5.41, 5.74) is -0.258. The number of carbonyl (C=O) groups is 1. The van der Waals surface area contributed by atoms with Crippen LogP contribution in [-0.2, 0) is 6.18 Å². The normalized spacial score (nSPS) is 11.5. The Bertz CT molecular complexity index is 889. The Morgan fingerprint density at radius 3 is 2.58 bits per heavy atom. The van der Waals surface area contributed by atoms with Gasteiger partial charge in [0.15, 0.2) is 0 Å². The second-order valence-electron chi connectivity index (χ2n) is 4.93. The zero-order chi connectivity index (χ0) is 17.3. The molecule has 3 rings (SSSR count). The van der Waals surface area contributed by atoms with Gasteiger partial charge in [0.05, 0.1) is 11.3 Å². The van der Waals surface area contributed by atoms with Gasteiger partial charge in [0.25, 0.3) is 0 Å². The van der Waals surface area contributed by atoms with Gasteiger partial charge in [-0.2, -0.15) is 18.3 Å². The monoisotopic (exact) mass is 333 g/mol. The number of carboxylic acid groups (broad SMARTS) is 1. The molecule has 0 unspecified atom stereocenters. The number of halogens is 3. The smallest absolute Gasteiger partial charge is 0.416 e. The van der Waals surface area contributed by atoms with Crippen molar-refractivity contribution in [3.8, 4) is 16.9 Å². The van der Waals surface area contributed by atoms with Gasteiger partial charge in [-0.1, -0.05) is 6.07 Å². The average molecular weight is 333 g/mol. The molecule has 0 bridgehead atoms. The Labute approximate surface area is 134 Å². The van der Waals surface area contributed by atoms with Gasteiger partial charge in [-0.15, -0.1) is 0 Å². The molecule has 3 aromatic rings. The van der Waals surface area contributed by atoms with E-state index in [1.165, 1.54) is 30.7 Å². The molecule has 1 N–H and O–H groups in total. The summed E-state index contributed by atoms with van der Waals surface area (Å²) in [5, 5.41) is 13.4. The fraction of sp³-hybridized carbons (Fsp3) is 0.0625. The molecule has 122 valence electrons. The van der Waals surface area contributed by atoms with Crippen molar-refractivity contribution in [2.75, 3.05) is 0 Å². The molecule has 0 saturated heterocycles. The number of pyridine rings is 1. The Morgan fingerprint density at radius 1 is 1.17 bits per heavy atom. The van der Waals surface area contributed by atoms with E-state index >= 15 is 0 Å². The lowest BCUT2D eigenvalue weighted by Gasteiger charge is -2.08. The zero-order valence-corrected chi connectivity index (χ0v) is 12.0. The standard InChI is InChI=1S/C16H10F3N3O2/c17-16(18,19)11-4-1-5-12(7-11)22-9-13(15(23)24)14(21-22)10-3-2-6-20-8-10/h1-9H,(H,23,24). The zero-order valence-electron chi connectivity index (χ0n) is 12.0. The van der Waals surface area contributed by atoms with Gasteiger partial charge < -0.3 is 5.11 Å². The minimum atomic E-state index is -4.50. The van der Waals surface area contributed by atoms with Crippen molar-refractivity contribution in [3.05, 3.63) is 66.1 Å². The van der Waals surface area contributed by atoms with Gasteiger partial charge >= 0.3 is 12.1 Å². The predicted molar refractivity (Wildman–Crippen MR) is 78.8 cm³/mol. The molecule has 8 heteroatoms. The minimum absolute atomic E-state index is 0.113. The van der Waals surface area contributed by atoms with Gasteiger partial charge in [0.1, 0.15) is 11.3 Å². The molecule has 0 radical (unpaired) electrons. The first-order chi connectivity index (χ1) is 11.4. The van der Waals surface area contributed by atoms with E-state index in [1.54, 1.807) is 12.1 Å². The summed E-state index contributed by atoms with van der Waals surface area (Å²) in [6.07, 6.45) is -0.357. The average Bonchev–Trinajstić information content (AvgIpc) is 3.01. The first-order valence-electron chi connectivity index (χ1n) is 6.77. The lowest BCUT2D eigenvalue weighted by Crippen LogP contribution is -2.06. The molecular weight excluding hydrogens is 323 g/mol. The van der Waals surface area contributed by atoms with Crippen molar-refractivity contribution in [1.29, 1.82) is 0 Å². The summed E-state index contributed by atoms with van der Waals surface area (Å²) in [4.78, 5) is 15.3. The van der Waals surface area contributed by atoms with Gasteiger partial charge in [0.2, 0.25) is 0 Å². The molecule has 0 aliphatic carbocycles. The van der Waals surface area contributed by atoms with Crippen molar-refractivity contribution in [1.82, 2.24) is 14.8 Å². The van der Waals surface area contributed by atoms with Crippen LogP contribution in [0, 0.1) is 0 Å². The molecular formula is C16H10F3N3O2. The van der Waals surface area contributed by atoms with Crippen molar-refractivity contribution in [2.24, 2.45) is 0 Å². The first-order valence-corrected chi connectivity index (χ1v) is 6.77. The largest absolute Gasteiger partial charge is 0.478 e. The first kappa shape index (κ1) is 15.7. The van der Waals surface area contributed by atoms with E-state index in [2.05, 4.69) is 10.1 Å². The van der Waals surface area contributed by atoms with Crippen LogP contribution in [0.5, 0.6) is 0 Å². The topological polar surface area (TPSA) is 68.0 Å². The summed E-state index contributed by atoms with van der Waals surface area (Å²) in [7, 11) is 0. The third kappa shape index (κ3) is 2.98. The van der Waals surface area contributed by atoms with E-state index in [-0.39, 0.29) is 16.9 Å². The van der Waals surface area contributed by atoms with Crippen molar-refractivity contribution >= 4 is 5.97 Å². The highest BCUT2D eigenvalue weighted by Gasteiger charge is 2.30. The van der Waals surface area contributed by atoms with E-state index in [1.807, 2.05) is 0 Å². The lowest BCUT2D eigenvalue weighted by molar-refractivity contribution is -0.137. The molecule has 0 aliphatic heterocycles. The number of hydrogen-bond donors (Lipinski definition) is 1. The van der Waals surface area contributed by atoms with Crippen molar-refractivity contribution < 1.29 is 23.1 Å². The maximum Gasteiger partial charge on any atom is 0.416 e. The summed E-state index contributed by atoms with van der Waals surface area (Å²) in [6, 6.07) is 7.74. The van der Waals surface area contributed by atoms with Gasteiger partial charge in [-0.3, -0.25) is 4.98 Å². The highest BCUT2D eigenvalue weighted by atomic mass is 19.4. The maximum absolute atomic E-state index is 12.8. The second-order valence-corrected chi connectivity index (χ2v) is 4.93. The number of nitrogens with zero attached hydrogens (tertiary/aromatic N) is 3. The van der Waals surface area contributed by atoms with Gasteiger partial charge in [0, 0.05) is 24.2 Å². The summed E-state index contributed by atoms with van der Waals surface area (Å²) in [5.74, 6) is -1.23. The Kier molecular flexibility index (Phi) is 3.80. The summed E-state index contributed by atoms with van der Waals surface area (Å²) >= 11 is 0. The van der Waals surface area contributed by atoms with Crippen LogP contribution in [0.2, 0.25) is 0 Å². The van der Waals surface area contributed by atoms with Crippen LogP contribution in [0.4, 0.5) is 13.2 Å². The quantitative estimate of drug-likeness (QED) is 0.794. The third-order valence-electron chi connectivity index (χ3n) is 3.32.